The van der Waals surface area contributed by atoms with Gasteiger partial charge in [0.15, 0.2) is 11.3 Å². The van der Waals surface area contributed by atoms with Crippen LogP contribution in [-0.2, 0) is 0 Å². The Bertz CT molecular complexity index is 733. The van der Waals surface area contributed by atoms with Gasteiger partial charge in [-0.3, -0.25) is 4.79 Å². The molecule has 1 aliphatic heterocycles. The highest BCUT2D eigenvalue weighted by Gasteiger charge is 2.50. The van der Waals surface area contributed by atoms with Crippen LogP contribution in [0.4, 0.5) is 0 Å². The maximum Gasteiger partial charge on any atom is 0.257 e. The quantitative estimate of drug-likeness (QED) is 0.924. The van der Waals surface area contributed by atoms with Gasteiger partial charge in [0.05, 0.1) is 12.7 Å². The molecule has 4 rings (SSSR count). The largest absolute Gasteiger partial charge is 0.493 e. The highest BCUT2D eigenvalue weighted by Crippen LogP contribution is 2.47. The van der Waals surface area contributed by atoms with E-state index >= 15 is 0 Å². The van der Waals surface area contributed by atoms with Crippen LogP contribution in [0.25, 0.3) is 11.0 Å². The van der Waals surface area contributed by atoms with Crippen LogP contribution in [-0.4, -0.2) is 37.0 Å². The molecule has 22 heavy (non-hydrogen) atoms. The topological polar surface area (TPSA) is 68.7 Å². The highest BCUT2D eigenvalue weighted by molar-refractivity contribution is 6.07. The molecule has 1 atom stereocenters. The fraction of sp³-hybridized carbons (Fsp3) is 0.471. The average molecular weight is 300 g/mol. The Kier molecular flexibility index (Phi) is 2.94. The van der Waals surface area contributed by atoms with Crippen molar-refractivity contribution in [1.29, 1.82) is 0 Å². The minimum Gasteiger partial charge on any atom is -0.493 e. The third-order valence-corrected chi connectivity index (χ3v) is 5.36. The van der Waals surface area contributed by atoms with Crippen LogP contribution < -0.4 is 10.5 Å². The predicted molar refractivity (Wildman–Crippen MR) is 82.9 cm³/mol. The number of amides is 1. The Balaban J connectivity index is 1.66. The maximum absolute atomic E-state index is 12.9. The molecule has 2 aromatic rings. The Hall–Kier alpha value is -2.01. The van der Waals surface area contributed by atoms with Gasteiger partial charge in [-0.15, -0.1) is 0 Å². The van der Waals surface area contributed by atoms with E-state index in [1.807, 2.05) is 23.1 Å². The molecule has 1 spiro atoms. The second-order valence-electron chi connectivity index (χ2n) is 6.49. The van der Waals surface area contributed by atoms with E-state index < -0.39 is 0 Å². The van der Waals surface area contributed by atoms with E-state index in [0.29, 0.717) is 23.4 Å². The molecule has 2 aliphatic rings. The number of methoxy groups -OCH3 is 1. The standard InChI is InChI=1S/C17H20N2O3/c1-21-13-5-2-4-11-12(9-22-15(11)13)16(20)19-8-14(18)17(10-19)6-3-7-17/h2,4-5,9,14H,3,6-8,10,18H2,1H3/t14-/m0/s1. The first-order valence-corrected chi connectivity index (χ1v) is 7.74. The first-order valence-electron chi connectivity index (χ1n) is 7.74. The third-order valence-electron chi connectivity index (χ3n) is 5.36. The molecule has 116 valence electrons. The molecule has 5 nitrogen and oxygen atoms in total. The number of hydrogen-bond acceptors (Lipinski definition) is 4. The van der Waals surface area contributed by atoms with Crippen molar-refractivity contribution in [2.75, 3.05) is 20.2 Å². The molecule has 1 aromatic heterocycles. The monoisotopic (exact) mass is 300 g/mol. The van der Waals surface area contributed by atoms with Crippen LogP contribution in [0, 0.1) is 5.41 Å². The number of benzene rings is 1. The smallest absolute Gasteiger partial charge is 0.257 e. The van der Waals surface area contributed by atoms with E-state index in [1.54, 1.807) is 7.11 Å². The molecule has 1 aromatic carbocycles. The Morgan fingerprint density at radius 1 is 1.45 bits per heavy atom. The zero-order valence-corrected chi connectivity index (χ0v) is 12.7. The van der Waals surface area contributed by atoms with Crippen molar-refractivity contribution in [3.05, 3.63) is 30.0 Å². The fourth-order valence-electron chi connectivity index (χ4n) is 3.84. The van der Waals surface area contributed by atoms with Crippen LogP contribution in [0.5, 0.6) is 5.75 Å². The molecule has 1 saturated carbocycles. The second kappa shape index (κ2) is 4.74. The number of furan rings is 1. The van der Waals surface area contributed by atoms with Gasteiger partial charge in [-0.25, -0.2) is 0 Å². The lowest BCUT2D eigenvalue weighted by Gasteiger charge is -2.41. The molecule has 2 N–H and O–H groups in total. The Labute approximate surface area is 129 Å². The second-order valence-corrected chi connectivity index (χ2v) is 6.49. The fourth-order valence-corrected chi connectivity index (χ4v) is 3.84. The number of likely N-dealkylation sites (tertiary alicyclic amines) is 1. The first kappa shape index (κ1) is 13.6. The van der Waals surface area contributed by atoms with E-state index in [1.165, 1.54) is 12.7 Å². The number of carbonyl (C=O) groups is 1. The van der Waals surface area contributed by atoms with Gasteiger partial charge in [0, 0.05) is 29.9 Å². The van der Waals surface area contributed by atoms with E-state index in [4.69, 9.17) is 14.9 Å². The van der Waals surface area contributed by atoms with Gasteiger partial charge in [-0.2, -0.15) is 0 Å². The molecular weight excluding hydrogens is 280 g/mol. The van der Waals surface area contributed by atoms with Crippen molar-refractivity contribution in [3.63, 3.8) is 0 Å². The van der Waals surface area contributed by atoms with Gasteiger partial charge in [0.25, 0.3) is 5.91 Å². The van der Waals surface area contributed by atoms with Gasteiger partial charge in [-0.05, 0) is 18.9 Å². The van der Waals surface area contributed by atoms with Crippen LogP contribution in [0.15, 0.2) is 28.9 Å². The summed E-state index contributed by atoms with van der Waals surface area (Å²) < 4.78 is 10.9. The lowest BCUT2D eigenvalue weighted by molar-refractivity contribution is 0.0727. The number of nitrogens with zero attached hydrogens (tertiary/aromatic N) is 1. The molecule has 5 heteroatoms. The normalized spacial score (nSPS) is 23.0. The summed E-state index contributed by atoms with van der Waals surface area (Å²) in [5.41, 5.74) is 7.65. The number of carbonyl (C=O) groups excluding carboxylic acids is 1. The van der Waals surface area contributed by atoms with Crippen LogP contribution in [0.2, 0.25) is 0 Å². The molecule has 0 unspecified atom stereocenters. The minimum atomic E-state index is 0.00577. The lowest BCUT2D eigenvalue weighted by atomic mass is 9.66. The molecular formula is C17H20N2O3. The van der Waals surface area contributed by atoms with Gasteiger partial charge in [0.1, 0.15) is 6.26 Å². The molecule has 1 aliphatic carbocycles. The zero-order valence-electron chi connectivity index (χ0n) is 12.7. The van der Waals surface area contributed by atoms with Gasteiger partial charge in [0.2, 0.25) is 0 Å². The van der Waals surface area contributed by atoms with Crippen molar-refractivity contribution in [2.24, 2.45) is 11.1 Å². The summed E-state index contributed by atoms with van der Waals surface area (Å²) in [6.45, 7) is 1.40. The molecule has 1 amide bonds. The number of hydrogen-bond donors (Lipinski definition) is 1. The zero-order chi connectivity index (χ0) is 15.3. The summed E-state index contributed by atoms with van der Waals surface area (Å²) in [6.07, 6.45) is 5.03. The maximum atomic E-state index is 12.9. The van der Waals surface area contributed by atoms with Crippen LogP contribution >= 0.6 is 0 Å². The summed E-state index contributed by atoms with van der Waals surface area (Å²) in [6, 6.07) is 5.69. The molecule has 2 heterocycles. The number of fused-ring (bicyclic) bond motifs is 1. The Morgan fingerprint density at radius 3 is 2.91 bits per heavy atom. The molecule has 0 radical (unpaired) electrons. The van der Waals surface area contributed by atoms with Crippen molar-refractivity contribution >= 4 is 16.9 Å². The minimum absolute atomic E-state index is 0.00577. The van der Waals surface area contributed by atoms with Crippen molar-refractivity contribution in [3.8, 4) is 5.75 Å². The van der Waals surface area contributed by atoms with Crippen molar-refractivity contribution < 1.29 is 13.9 Å². The molecule has 2 fully saturated rings. The summed E-state index contributed by atoms with van der Waals surface area (Å²) in [4.78, 5) is 14.7. The predicted octanol–water partition coefficient (Wildman–Crippen LogP) is 2.39. The van der Waals surface area contributed by atoms with Crippen molar-refractivity contribution in [2.45, 2.75) is 25.3 Å². The highest BCUT2D eigenvalue weighted by atomic mass is 16.5. The van der Waals surface area contributed by atoms with E-state index in [-0.39, 0.29) is 17.4 Å². The average Bonchev–Trinajstić information content (AvgIpc) is 3.06. The first-order chi connectivity index (χ1) is 10.6. The van der Waals surface area contributed by atoms with Crippen LogP contribution in [0.1, 0.15) is 29.6 Å². The Morgan fingerprint density at radius 2 is 2.27 bits per heavy atom. The molecule has 0 bridgehead atoms. The van der Waals surface area contributed by atoms with Gasteiger partial charge < -0.3 is 19.8 Å². The third kappa shape index (κ3) is 1.78. The number of para-hydroxylation sites is 1. The summed E-state index contributed by atoms with van der Waals surface area (Å²) in [5.74, 6) is 0.649. The van der Waals surface area contributed by atoms with Gasteiger partial charge in [-0.1, -0.05) is 18.6 Å². The lowest BCUT2D eigenvalue weighted by Crippen LogP contribution is -2.45. The summed E-state index contributed by atoms with van der Waals surface area (Å²) >= 11 is 0. The summed E-state index contributed by atoms with van der Waals surface area (Å²) in [7, 11) is 1.60. The van der Waals surface area contributed by atoms with E-state index in [2.05, 4.69) is 0 Å². The SMILES string of the molecule is COc1cccc2c(C(=O)N3C[C@H](N)C4(CCC4)C3)coc12. The van der Waals surface area contributed by atoms with Crippen molar-refractivity contribution in [1.82, 2.24) is 4.90 Å². The van der Waals surface area contributed by atoms with Crippen LogP contribution in [0.3, 0.4) is 0 Å². The number of rotatable bonds is 2. The number of ether oxygens (including phenoxy) is 1. The van der Waals surface area contributed by atoms with Gasteiger partial charge >= 0.3 is 0 Å². The number of nitrogens with two attached hydrogens (primary N) is 1. The summed E-state index contributed by atoms with van der Waals surface area (Å²) in [5, 5.41) is 0.799. The van der Waals surface area contributed by atoms with E-state index in [0.717, 1.165) is 24.8 Å². The molecule has 1 saturated heterocycles. The van der Waals surface area contributed by atoms with E-state index in [9.17, 15) is 4.79 Å².